The van der Waals surface area contributed by atoms with Crippen LogP contribution < -0.4 is 5.73 Å². The number of nitrogens with zero attached hydrogens (tertiary/aromatic N) is 1. The largest absolute Gasteiger partial charge is 0.327 e. The fourth-order valence-corrected chi connectivity index (χ4v) is 4.82. The van der Waals surface area contributed by atoms with E-state index in [0.29, 0.717) is 12.2 Å². The summed E-state index contributed by atoms with van der Waals surface area (Å²) in [6, 6.07) is -0.0582. The fraction of sp³-hybridized carbons (Fsp3) is 0.700. The van der Waals surface area contributed by atoms with Crippen LogP contribution in [0.2, 0.25) is 0 Å². The van der Waals surface area contributed by atoms with Gasteiger partial charge in [0.25, 0.3) is 0 Å². The molecule has 1 saturated heterocycles. The number of nitrogens with two attached hydrogens (primary N) is 1. The molecule has 2 heterocycles. The second kappa shape index (κ2) is 4.43. The van der Waals surface area contributed by atoms with Gasteiger partial charge >= 0.3 is 0 Å². The summed E-state index contributed by atoms with van der Waals surface area (Å²) in [5, 5.41) is 1.03. The molecule has 1 aliphatic heterocycles. The van der Waals surface area contributed by atoms with Crippen molar-refractivity contribution in [2.75, 3.05) is 11.5 Å². The van der Waals surface area contributed by atoms with Crippen molar-refractivity contribution in [3.05, 3.63) is 16.1 Å². The zero-order valence-electron chi connectivity index (χ0n) is 9.22. The highest BCUT2D eigenvalue weighted by Crippen LogP contribution is 2.24. The molecule has 1 fully saturated rings. The topological polar surface area (TPSA) is 73.0 Å². The van der Waals surface area contributed by atoms with E-state index in [1.165, 1.54) is 0 Å². The van der Waals surface area contributed by atoms with Crippen molar-refractivity contribution >= 4 is 21.2 Å². The fourth-order valence-electron chi connectivity index (χ4n) is 2.06. The summed E-state index contributed by atoms with van der Waals surface area (Å²) in [4.78, 5) is 5.32. The van der Waals surface area contributed by atoms with Crippen molar-refractivity contribution in [2.45, 2.75) is 25.8 Å². The van der Waals surface area contributed by atoms with Gasteiger partial charge in [0.1, 0.15) is 0 Å². The Bertz CT molecular complexity index is 467. The van der Waals surface area contributed by atoms with E-state index in [9.17, 15) is 8.42 Å². The first-order valence-corrected chi connectivity index (χ1v) is 7.97. The highest BCUT2D eigenvalue weighted by atomic mass is 32.2. The Kier molecular flexibility index (Phi) is 3.32. The maximum Gasteiger partial charge on any atom is 0.150 e. The molecule has 16 heavy (non-hydrogen) atoms. The van der Waals surface area contributed by atoms with Gasteiger partial charge in [-0.15, -0.1) is 11.3 Å². The first kappa shape index (κ1) is 12.0. The molecule has 4 nitrogen and oxygen atoms in total. The molecule has 0 saturated carbocycles. The van der Waals surface area contributed by atoms with Gasteiger partial charge in [0.05, 0.1) is 16.5 Å². The van der Waals surface area contributed by atoms with Crippen molar-refractivity contribution in [3.63, 3.8) is 0 Å². The number of rotatable bonds is 3. The Hall–Kier alpha value is -0.460. The van der Waals surface area contributed by atoms with Crippen LogP contribution in [0.1, 0.15) is 16.3 Å². The standard InChI is InChI=1S/C10H16N2O2S2/c1-7-12-5-9(15-7)4-10(11)8-2-3-16(13,14)6-8/h5,8,10H,2-4,6,11H2,1H3. The summed E-state index contributed by atoms with van der Waals surface area (Å²) in [6.07, 6.45) is 3.29. The lowest BCUT2D eigenvalue weighted by atomic mass is 9.97. The van der Waals surface area contributed by atoms with Crippen LogP contribution in [0.4, 0.5) is 0 Å². The molecule has 2 unspecified atom stereocenters. The predicted molar refractivity (Wildman–Crippen MR) is 65.3 cm³/mol. The van der Waals surface area contributed by atoms with Crippen LogP contribution in [0, 0.1) is 12.8 Å². The van der Waals surface area contributed by atoms with Gasteiger partial charge in [-0.3, -0.25) is 0 Å². The van der Waals surface area contributed by atoms with E-state index in [-0.39, 0.29) is 17.7 Å². The number of thiazole rings is 1. The van der Waals surface area contributed by atoms with E-state index >= 15 is 0 Å². The van der Waals surface area contributed by atoms with Gasteiger partial charge in [-0.05, 0) is 25.7 Å². The third-order valence-corrected chi connectivity index (χ3v) is 5.71. The highest BCUT2D eigenvalue weighted by molar-refractivity contribution is 7.91. The number of aryl methyl sites for hydroxylation is 1. The molecular weight excluding hydrogens is 244 g/mol. The highest BCUT2D eigenvalue weighted by Gasteiger charge is 2.32. The summed E-state index contributed by atoms with van der Waals surface area (Å²) in [6.45, 7) is 1.96. The molecule has 0 aromatic carbocycles. The second-order valence-corrected chi connectivity index (χ2v) is 7.92. The Morgan fingerprint density at radius 3 is 2.94 bits per heavy atom. The molecule has 0 spiro atoms. The average Bonchev–Trinajstić information content (AvgIpc) is 2.72. The van der Waals surface area contributed by atoms with Crippen LogP contribution in [0.5, 0.6) is 0 Å². The van der Waals surface area contributed by atoms with Gasteiger partial charge in [0.15, 0.2) is 9.84 Å². The van der Waals surface area contributed by atoms with E-state index in [2.05, 4.69) is 4.98 Å². The quantitative estimate of drug-likeness (QED) is 0.870. The first-order valence-electron chi connectivity index (χ1n) is 5.33. The van der Waals surface area contributed by atoms with Gasteiger partial charge in [-0.1, -0.05) is 0 Å². The molecule has 0 amide bonds. The van der Waals surface area contributed by atoms with Crippen molar-refractivity contribution in [1.82, 2.24) is 4.98 Å². The molecule has 1 aromatic rings. The molecule has 2 rings (SSSR count). The summed E-state index contributed by atoms with van der Waals surface area (Å²) in [5.74, 6) is 0.673. The summed E-state index contributed by atoms with van der Waals surface area (Å²) in [5.41, 5.74) is 6.06. The van der Waals surface area contributed by atoms with Crippen molar-refractivity contribution < 1.29 is 8.42 Å². The van der Waals surface area contributed by atoms with E-state index in [4.69, 9.17) is 5.73 Å². The molecule has 90 valence electrons. The van der Waals surface area contributed by atoms with Crippen LogP contribution in [-0.4, -0.2) is 30.9 Å². The van der Waals surface area contributed by atoms with Crippen LogP contribution in [0.25, 0.3) is 0 Å². The first-order chi connectivity index (χ1) is 7.46. The third-order valence-electron chi connectivity index (χ3n) is 2.98. The number of hydrogen-bond acceptors (Lipinski definition) is 5. The summed E-state index contributed by atoms with van der Waals surface area (Å²) < 4.78 is 22.7. The molecule has 2 N–H and O–H groups in total. The van der Waals surface area contributed by atoms with E-state index in [1.807, 2.05) is 13.1 Å². The summed E-state index contributed by atoms with van der Waals surface area (Å²) >= 11 is 1.63. The lowest BCUT2D eigenvalue weighted by Crippen LogP contribution is -2.32. The Balaban J connectivity index is 1.96. The maximum atomic E-state index is 11.3. The molecule has 0 aliphatic carbocycles. The third kappa shape index (κ3) is 2.81. The monoisotopic (exact) mass is 260 g/mol. The zero-order chi connectivity index (χ0) is 11.8. The van der Waals surface area contributed by atoms with E-state index in [1.54, 1.807) is 11.3 Å². The van der Waals surface area contributed by atoms with Crippen molar-refractivity contribution in [2.24, 2.45) is 11.7 Å². The summed E-state index contributed by atoms with van der Waals surface area (Å²) in [7, 11) is -2.82. The maximum absolute atomic E-state index is 11.3. The van der Waals surface area contributed by atoms with Crippen LogP contribution in [0.15, 0.2) is 6.20 Å². The molecule has 1 aromatic heterocycles. The molecule has 0 radical (unpaired) electrons. The van der Waals surface area contributed by atoms with Crippen molar-refractivity contribution in [1.29, 1.82) is 0 Å². The van der Waals surface area contributed by atoms with Crippen LogP contribution in [0.3, 0.4) is 0 Å². The van der Waals surface area contributed by atoms with Gasteiger partial charge in [0, 0.05) is 17.1 Å². The van der Waals surface area contributed by atoms with Gasteiger partial charge in [-0.2, -0.15) is 0 Å². The minimum Gasteiger partial charge on any atom is -0.327 e. The zero-order valence-corrected chi connectivity index (χ0v) is 10.9. The second-order valence-electron chi connectivity index (χ2n) is 4.38. The molecule has 0 bridgehead atoms. The van der Waals surface area contributed by atoms with Crippen LogP contribution >= 0.6 is 11.3 Å². The van der Waals surface area contributed by atoms with E-state index < -0.39 is 9.84 Å². The lowest BCUT2D eigenvalue weighted by Gasteiger charge is -2.16. The Morgan fingerprint density at radius 1 is 1.69 bits per heavy atom. The Morgan fingerprint density at radius 2 is 2.44 bits per heavy atom. The lowest BCUT2D eigenvalue weighted by molar-refractivity contribution is 0.463. The van der Waals surface area contributed by atoms with Crippen LogP contribution in [-0.2, 0) is 16.3 Å². The number of hydrogen-bond donors (Lipinski definition) is 1. The van der Waals surface area contributed by atoms with Gasteiger partial charge in [-0.25, -0.2) is 13.4 Å². The molecule has 6 heteroatoms. The normalized spacial score (nSPS) is 25.8. The minimum absolute atomic E-state index is 0.0582. The van der Waals surface area contributed by atoms with Crippen molar-refractivity contribution in [3.8, 4) is 0 Å². The Labute approximate surface area is 99.8 Å². The molecule has 2 atom stereocenters. The molecular formula is C10H16N2O2S2. The predicted octanol–water partition coefficient (Wildman–Crippen LogP) is 0.756. The number of sulfone groups is 1. The number of aromatic nitrogens is 1. The molecule has 1 aliphatic rings. The minimum atomic E-state index is -2.82. The van der Waals surface area contributed by atoms with E-state index in [0.717, 1.165) is 16.3 Å². The van der Waals surface area contributed by atoms with Gasteiger partial charge < -0.3 is 5.73 Å². The smallest absolute Gasteiger partial charge is 0.150 e. The SMILES string of the molecule is Cc1ncc(CC(N)C2CCS(=O)(=O)C2)s1. The average molecular weight is 260 g/mol. The van der Waals surface area contributed by atoms with Gasteiger partial charge in [0.2, 0.25) is 0 Å².